The molecule has 0 heterocycles. The minimum absolute atomic E-state index is 0.00282. The van der Waals surface area contributed by atoms with Crippen molar-refractivity contribution in [2.24, 2.45) is 0 Å². The van der Waals surface area contributed by atoms with Crippen LogP contribution in [-0.4, -0.2) is 19.6 Å². The molecule has 0 atom stereocenters. The van der Waals surface area contributed by atoms with Crippen LogP contribution in [0, 0.1) is 0 Å². The molecule has 0 amide bonds. The van der Waals surface area contributed by atoms with Crippen molar-refractivity contribution in [1.82, 2.24) is 0 Å². The van der Waals surface area contributed by atoms with Gasteiger partial charge in [0.1, 0.15) is 0 Å². The molecular formula is C21H28OSe. The van der Waals surface area contributed by atoms with Crippen molar-refractivity contribution in [3.63, 3.8) is 0 Å². The Hall–Kier alpha value is -1.11. The first-order chi connectivity index (χ1) is 11.3. The SMILES string of the molecule is O=C(CCC/C=C\CCC=C1CCCCC1)[Se]c1ccccc1. The third-order valence-electron chi connectivity index (χ3n) is 4.16. The summed E-state index contributed by atoms with van der Waals surface area (Å²) < 4.78 is 1.61. The number of carbonyl (C=O) groups excluding carboxylic acids is 1. The summed E-state index contributed by atoms with van der Waals surface area (Å²) in [5, 5.41) is 0. The van der Waals surface area contributed by atoms with Gasteiger partial charge in [-0.25, -0.2) is 0 Å². The molecule has 0 aliphatic heterocycles. The van der Waals surface area contributed by atoms with E-state index in [0.29, 0.717) is 4.68 Å². The van der Waals surface area contributed by atoms with Gasteiger partial charge in [0.2, 0.25) is 0 Å². The summed E-state index contributed by atoms with van der Waals surface area (Å²) in [6.45, 7) is 0. The van der Waals surface area contributed by atoms with Gasteiger partial charge in [-0.05, 0) is 0 Å². The van der Waals surface area contributed by atoms with Gasteiger partial charge >= 0.3 is 141 Å². The first kappa shape index (κ1) is 18.2. The number of hydrogen-bond acceptors (Lipinski definition) is 1. The summed E-state index contributed by atoms with van der Waals surface area (Å²) in [4.78, 5) is 11.9. The molecule has 0 bridgehead atoms. The zero-order valence-corrected chi connectivity index (χ0v) is 15.7. The van der Waals surface area contributed by atoms with E-state index in [1.807, 2.05) is 18.2 Å². The monoisotopic (exact) mass is 376 g/mol. The van der Waals surface area contributed by atoms with Crippen LogP contribution in [0.2, 0.25) is 0 Å². The van der Waals surface area contributed by atoms with Crippen molar-refractivity contribution in [2.45, 2.75) is 64.2 Å². The maximum atomic E-state index is 11.9. The Morgan fingerprint density at radius 1 is 0.957 bits per heavy atom. The fraction of sp³-hybridized carbons (Fsp3) is 0.476. The normalized spacial score (nSPS) is 15.0. The second-order valence-corrected chi connectivity index (χ2v) is 8.52. The first-order valence-corrected chi connectivity index (χ1v) is 10.6. The van der Waals surface area contributed by atoms with Gasteiger partial charge in [0.15, 0.2) is 0 Å². The van der Waals surface area contributed by atoms with Crippen LogP contribution in [-0.2, 0) is 4.79 Å². The second-order valence-electron chi connectivity index (χ2n) is 6.15. The van der Waals surface area contributed by atoms with Crippen molar-refractivity contribution in [2.75, 3.05) is 0 Å². The molecule has 124 valence electrons. The molecule has 0 N–H and O–H groups in total. The van der Waals surface area contributed by atoms with Gasteiger partial charge in [-0.2, -0.15) is 0 Å². The van der Waals surface area contributed by atoms with E-state index in [4.69, 9.17) is 0 Å². The molecule has 1 fully saturated rings. The van der Waals surface area contributed by atoms with Crippen molar-refractivity contribution < 1.29 is 4.79 Å². The summed E-state index contributed by atoms with van der Waals surface area (Å²) in [6.07, 6.45) is 18.9. The summed E-state index contributed by atoms with van der Waals surface area (Å²) in [7, 11) is 0. The third-order valence-corrected chi connectivity index (χ3v) is 6.13. The number of rotatable bonds is 9. The van der Waals surface area contributed by atoms with Crippen LogP contribution in [0.15, 0.2) is 54.1 Å². The number of hydrogen-bond donors (Lipinski definition) is 0. The molecule has 1 aromatic carbocycles. The van der Waals surface area contributed by atoms with Gasteiger partial charge in [0.05, 0.1) is 0 Å². The molecule has 1 saturated carbocycles. The molecule has 1 aliphatic carbocycles. The van der Waals surface area contributed by atoms with Crippen molar-refractivity contribution in [3.8, 4) is 0 Å². The molecule has 2 heteroatoms. The van der Waals surface area contributed by atoms with Crippen LogP contribution < -0.4 is 4.46 Å². The Labute approximate surface area is 147 Å². The predicted octanol–water partition coefficient (Wildman–Crippen LogP) is 4.94. The fourth-order valence-corrected chi connectivity index (χ4v) is 4.55. The van der Waals surface area contributed by atoms with E-state index in [1.54, 1.807) is 5.57 Å². The van der Waals surface area contributed by atoms with E-state index in [9.17, 15) is 4.79 Å². The summed E-state index contributed by atoms with van der Waals surface area (Å²) in [5.41, 5.74) is 1.68. The molecule has 23 heavy (non-hydrogen) atoms. The van der Waals surface area contributed by atoms with Crippen molar-refractivity contribution >= 4 is 24.1 Å². The molecule has 1 aliphatic rings. The predicted molar refractivity (Wildman–Crippen MR) is 100 cm³/mol. The summed E-state index contributed by atoms with van der Waals surface area (Å²) >= 11 is -0.00282. The Morgan fingerprint density at radius 3 is 2.48 bits per heavy atom. The standard InChI is InChI=1S/C21H28OSe/c22-21(23-20-16-10-6-11-17-20)18-12-4-2-1-3-7-13-19-14-8-5-9-15-19/h1-2,6,10-11,13,16-17H,3-5,7-9,12,14-15,18H2/b2-1-. The van der Waals surface area contributed by atoms with Gasteiger partial charge < -0.3 is 0 Å². The van der Waals surface area contributed by atoms with Crippen LogP contribution >= 0.6 is 0 Å². The van der Waals surface area contributed by atoms with Gasteiger partial charge in [-0.1, -0.05) is 6.42 Å². The maximum absolute atomic E-state index is 11.9. The second kappa shape index (κ2) is 11.4. The third kappa shape index (κ3) is 8.34. The Bertz CT molecular complexity index is 508. The molecule has 0 radical (unpaired) electrons. The van der Waals surface area contributed by atoms with Gasteiger partial charge in [0.25, 0.3) is 0 Å². The number of benzene rings is 1. The molecule has 0 saturated heterocycles. The van der Waals surface area contributed by atoms with Gasteiger partial charge in [-0.15, -0.1) is 0 Å². The Morgan fingerprint density at radius 2 is 1.70 bits per heavy atom. The minimum atomic E-state index is -0.00282. The van der Waals surface area contributed by atoms with E-state index in [0.717, 1.165) is 25.7 Å². The fourth-order valence-electron chi connectivity index (χ4n) is 2.86. The van der Waals surface area contributed by atoms with E-state index in [2.05, 4.69) is 30.4 Å². The topological polar surface area (TPSA) is 17.1 Å². The van der Waals surface area contributed by atoms with E-state index >= 15 is 0 Å². The van der Waals surface area contributed by atoms with Crippen LogP contribution in [0.5, 0.6) is 0 Å². The Balaban J connectivity index is 1.50. The van der Waals surface area contributed by atoms with Crippen LogP contribution in [0.1, 0.15) is 64.2 Å². The van der Waals surface area contributed by atoms with Gasteiger partial charge in [0, 0.05) is 0 Å². The molecule has 1 nitrogen and oxygen atoms in total. The molecule has 2 rings (SSSR count). The van der Waals surface area contributed by atoms with Crippen LogP contribution in [0.25, 0.3) is 0 Å². The molecular weight excluding hydrogens is 347 g/mol. The molecule has 1 aromatic rings. The van der Waals surface area contributed by atoms with E-state index in [1.165, 1.54) is 43.0 Å². The molecule has 0 spiro atoms. The van der Waals surface area contributed by atoms with Crippen molar-refractivity contribution in [1.29, 1.82) is 0 Å². The summed E-state index contributed by atoms with van der Waals surface area (Å²) in [5.74, 6) is 0. The van der Waals surface area contributed by atoms with Gasteiger partial charge in [-0.3, -0.25) is 0 Å². The zero-order valence-electron chi connectivity index (χ0n) is 14.0. The number of unbranched alkanes of at least 4 members (excludes halogenated alkanes) is 2. The Kier molecular flexibility index (Phi) is 9.06. The van der Waals surface area contributed by atoms with Crippen molar-refractivity contribution in [3.05, 3.63) is 54.1 Å². The molecule has 0 aromatic heterocycles. The number of carbonyl (C=O) groups is 1. The van der Waals surface area contributed by atoms with Crippen LogP contribution in [0.4, 0.5) is 0 Å². The average molecular weight is 375 g/mol. The average Bonchev–Trinajstić information content (AvgIpc) is 2.59. The number of allylic oxidation sites excluding steroid dienone is 4. The van der Waals surface area contributed by atoms with E-state index < -0.39 is 0 Å². The molecule has 0 unspecified atom stereocenters. The first-order valence-electron chi connectivity index (χ1n) is 8.93. The zero-order chi connectivity index (χ0) is 16.2. The van der Waals surface area contributed by atoms with E-state index in [-0.39, 0.29) is 15.0 Å². The summed E-state index contributed by atoms with van der Waals surface area (Å²) in [6, 6.07) is 10.1. The quantitative estimate of drug-likeness (QED) is 0.339. The van der Waals surface area contributed by atoms with Crippen LogP contribution in [0.3, 0.4) is 0 Å².